The molecular weight excluding hydrogens is 425 g/mol. The fourth-order valence-electron chi connectivity index (χ4n) is 3.56. The summed E-state index contributed by atoms with van der Waals surface area (Å²) in [5, 5.41) is 19.5. The molecule has 2 aromatic rings. The molecule has 2 N–H and O–H groups in total. The predicted molar refractivity (Wildman–Crippen MR) is 116 cm³/mol. The van der Waals surface area contributed by atoms with E-state index in [1.165, 1.54) is 28.6 Å². The molecule has 1 aliphatic rings. The summed E-state index contributed by atoms with van der Waals surface area (Å²) in [7, 11) is 1.59. The summed E-state index contributed by atoms with van der Waals surface area (Å²) in [5.74, 6) is -2.09. The monoisotopic (exact) mass is 451 g/mol. The van der Waals surface area contributed by atoms with Crippen LogP contribution in [0.1, 0.15) is 48.5 Å². The third-order valence-corrected chi connectivity index (χ3v) is 6.72. The number of benzene rings is 1. The summed E-state index contributed by atoms with van der Waals surface area (Å²) in [6, 6.07) is 3.02. The third kappa shape index (κ3) is 4.57. The van der Waals surface area contributed by atoms with Crippen molar-refractivity contribution in [2.75, 3.05) is 20.3 Å². The number of halogens is 1. The highest BCUT2D eigenvalue weighted by atomic mass is 32.2. The molecule has 1 aromatic heterocycles. The van der Waals surface area contributed by atoms with Crippen molar-refractivity contribution < 1.29 is 28.9 Å². The first-order valence-corrected chi connectivity index (χ1v) is 10.9. The molecule has 9 heteroatoms. The van der Waals surface area contributed by atoms with E-state index in [0.29, 0.717) is 36.5 Å². The van der Waals surface area contributed by atoms with Crippen LogP contribution in [0.4, 0.5) is 4.39 Å². The van der Waals surface area contributed by atoms with E-state index in [2.05, 4.69) is 0 Å². The minimum Gasteiger partial charge on any atom is -0.504 e. The molecule has 1 atom stereocenters. The molecule has 0 aliphatic carbocycles. The number of fused-ring (bicyclic) bond motifs is 3. The Hall–Kier alpha value is -2.52. The van der Waals surface area contributed by atoms with E-state index in [-0.39, 0.29) is 28.0 Å². The van der Waals surface area contributed by atoms with Crippen molar-refractivity contribution in [3.05, 3.63) is 45.5 Å². The average Bonchev–Trinajstić information content (AvgIpc) is 2.84. The maximum absolute atomic E-state index is 15.3. The zero-order valence-corrected chi connectivity index (χ0v) is 18.7. The quantitative estimate of drug-likeness (QED) is 0.633. The number of aromatic carboxylic acids is 1. The van der Waals surface area contributed by atoms with Gasteiger partial charge in [0.1, 0.15) is 5.56 Å². The SMILES string of the molecule is COCCCOc1cc2c(cc1O)-c1c(F)c(=O)c(C(=O)O)cn1[C@H](C(C)(C)C)SC2. The van der Waals surface area contributed by atoms with Crippen LogP contribution in [0.2, 0.25) is 0 Å². The Balaban J connectivity index is 2.20. The van der Waals surface area contributed by atoms with E-state index >= 15 is 4.39 Å². The Bertz CT molecular complexity index is 1060. The number of nitrogens with zero attached hydrogens (tertiary/aromatic N) is 1. The molecule has 2 heterocycles. The predicted octanol–water partition coefficient (Wildman–Crippen LogP) is 4.27. The molecular formula is C22H26FNO6S. The number of phenolic OH excluding ortho intramolecular Hbond substituents is 1. The number of hydrogen-bond donors (Lipinski definition) is 2. The number of aromatic nitrogens is 1. The number of thioether (sulfide) groups is 1. The van der Waals surface area contributed by atoms with Gasteiger partial charge in [-0.2, -0.15) is 0 Å². The fraction of sp³-hybridized carbons (Fsp3) is 0.455. The van der Waals surface area contributed by atoms with Gasteiger partial charge in [-0.25, -0.2) is 9.18 Å². The summed E-state index contributed by atoms with van der Waals surface area (Å²) in [4.78, 5) is 24.0. The Morgan fingerprint density at radius 1 is 1.32 bits per heavy atom. The number of carboxylic acids is 1. The maximum Gasteiger partial charge on any atom is 0.341 e. The van der Waals surface area contributed by atoms with Crippen LogP contribution in [0.3, 0.4) is 0 Å². The van der Waals surface area contributed by atoms with Gasteiger partial charge in [0, 0.05) is 37.7 Å². The third-order valence-electron chi connectivity index (χ3n) is 4.99. The molecule has 0 amide bonds. The van der Waals surface area contributed by atoms with Crippen molar-refractivity contribution in [3.63, 3.8) is 0 Å². The van der Waals surface area contributed by atoms with Crippen LogP contribution in [0.25, 0.3) is 11.3 Å². The molecule has 3 rings (SSSR count). The first-order valence-electron chi connectivity index (χ1n) is 9.83. The van der Waals surface area contributed by atoms with Gasteiger partial charge in [0.05, 0.1) is 17.7 Å². The van der Waals surface area contributed by atoms with Crippen LogP contribution >= 0.6 is 11.8 Å². The zero-order valence-electron chi connectivity index (χ0n) is 17.9. The minimum absolute atomic E-state index is 0.0313. The van der Waals surface area contributed by atoms with E-state index < -0.39 is 22.8 Å². The number of rotatable bonds is 6. The van der Waals surface area contributed by atoms with Gasteiger partial charge >= 0.3 is 5.97 Å². The molecule has 1 aromatic carbocycles. The van der Waals surface area contributed by atoms with Crippen molar-refractivity contribution in [2.45, 2.75) is 38.3 Å². The van der Waals surface area contributed by atoms with Crippen LogP contribution in [0.15, 0.2) is 23.1 Å². The number of carbonyl (C=O) groups is 1. The fourth-order valence-corrected chi connectivity index (χ4v) is 4.97. The molecule has 0 saturated carbocycles. The van der Waals surface area contributed by atoms with E-state index in [0.717, 1.165) is 0 Å². The number of phenols is 1. The standard InChI is InChI=1S/C22H26FNO6S/c1-22(2,3)21-24-10-14(20(27)28)19(26)17(23)18(24)13-9-15(25)16(8-12(13)11-31-21)30-7-5-6-29-4/h8-10,21,25H,5-7,11H2,1-4H3,(H,27,28)/t21-/m0/s1. The van der Waals surface area contributed by atoms with Crippen LogP contribution in [-0.2, 0) is 10.5 Å². The van der Waals surface area contributed by atoms with Gasteiger partial charge in [-0.15, -0.1) is 11.8 Å². The topological polar surface area (TPSA) is 98.0 Å². The molecule has 7 nitrogen and oxygen atoms in total. The van der Waals surface area contributed by atoms with Crippen LogP contribution in [0.5, 0.6) is 11.5 Å². The molecule has 1 aliphatic heterocycles. The summed E-state index contributed by atoms with van der Waals surface area (Å²) < 4.78 is 27.5. The highest BCUT2D eigenvalue weighted by Gasteiger charge is 2.35. The van der Waals surface area contributed by atoms with E-state index in [1.807, 2.05) is 20.8 Å². The van der Waals surface area contributed by atoms with Gasteiger partial charge in [-0.1, -0.05) is 20.8 Å². The number of carboxylic acid groups (broad SMARTS) is 1. The smallest absolute Gasteiger partial charge is 0.341 e. The average molecular weight is 452 g/mol. The molecule has 168 valence electrons. The number of aromatic hydroxyl groups is 1. The largest absolute Gasteiger partial charge is 0.504 e. The summed E-state index contributed by atoms with van der Waals surface area (Å²) >= 11 is 1.50. The van der Waals surface area contributed by atoms with Gasteiger partial charge in [0.15, 0.2) is 17.3 Å². The first-order chi connectivity index (χ1) is 14.6. The lowest BCUT2D eigenvalue weighted by atomic mass is 9.94. The highest BCUT2D eigenvalue weighted by Crippen LogP contribution is 2.49. The lowest BCUT2D eigenvalue weighted by Gasteiger charge is -2.33. The summed E-state index contributed by atoms with van der Waals surface area (Å²) in [5.41, 5.74) is -1.18. The van der Waals surface area contributed by atoms with Crippen LogP contribution in [0, 0.1) is 11.2 Å². The van der Waals surface area contributed by atoms with Crippen molar-refractivity contribution >= 4 is 17.7 Å². The van der Waals surface area contributed by atoms with E-state index in [9.17, 15) is 19.8 Å². The molecule has 0 unspecified atom stereocenters. The lowest BCUT2D eigenvalue weighted by Crippen LogP contribution is -2.28. The van der Waals surface area contributed by atoms with Gasteiger partial charge in [-0.3, -0.25) is 4.79 Å². The molecule has 0 fully saturated rings. The summed E-state index contributed by atoms with van der Waals surface area (Å²) in [6.45, 7) is 6.74. The molecule has 0 radical (unpaired) electrons. The summed E-state index contributed by atoms with van der Waals surface area (Å²) in [6.07, 6.45) is 1.84. The first kappa shape index (κ1) is 23.1. The van der Waals surface area contributed by atoms with Crippen molar-refractivity contribution in [2.24, 2.45) is 5.41 Å². The molecule has 0 bridgehead atoms. The van der Waals surface area contributed by atoms with Crippen molar-refractivity contribution in [3.8, 4) is 22.8 Å². The van der Waals surface area contributed by atoms with Gasteiger partial charge in [0.25, 0.3) is 0 Å². The van der Waals surface area contributed by atoms with Gasteiger partial charge in [0.2, 0.25) is 5.43 Å². The minimum atomic E-state index is -1.48. The zero-order chi connectivity index (χ0) is 22.9. The Morgan fingerprint density at radius 2 is 2.03 bits per heavy atom. The van der Waals surface area contributed by atoms with Crippen molar-refractivity contribution in [1.82, 2.24) is 4.57 Å². The second kappa shape index (κ2) is 8.92. The number of pyridine rings is 1. The Kier molecular flexibility index (Phi) is 6.66. The highest BCUT2D eigenvalue weighted by molar-refractivity contribution is 7.98. The Morgan fingerprint density at radius 3 is 2.65 bits per heavy atom. The second-order valence-corrected chi connectivity index (χ2v) is 9.52. The number of methoxy groups -OCH3 is 1. The maximum atomic E-state index is 15.3. The Labute approximate surface area is 183 Å². The van der Waals surface area contributed by atoms with Gasteiger partial charge < -0.3 is 24.3 Å². The lowest BCUT2D eigenvalue weighted by molar-refractivity contribution is 0.0693. The molecule has 0 spiro atoms. The van der Waals surface area contributed by atoms with E-state index in [1.54, 1.807) is 13.2 Å². The van der Waals surface area contributed by atoms with Gasteiger partial charge in [-0.05, 0) is 23.1 Å². The normalized spacial score (nSPS) is 15.7. The molecule has 31 heavy (non-hydrogen) atoms. The number of hydrogen-bond acceptors (Lipinski definition) is 6. The second-order valence-electron chi connectivity index (χ2n) is 8.45. The van der Waals surface area contributed by atoms with E-state index in [4.69, 9.17) is 9.47 Å². The van der Waals surface area contributed by atoms with Crippen molar-refractivity contribution in [1.29, 1.82) is 0 Å². The number of ether oxygens (including phenoxy) is 2. The van der Waals surface area contributed by atoms with Crippen LogP contribution in [-0.4, -0.2) is 41.1 Å². The van der Waals surface area contributed by atoms with Crippen LogP contribution < -0.4 is 10.2 Å². The molecule has 0 saturated heterocycles.